The Balaban J connectivity index is 1.96. The zero-order valence-electron chi connectivity index (χ0n) is 11.5. The van der Waals surface area contributed by atoms with E-state index in [1.807, 2.05) is 29.9 Å². The second-order valence-electron chi connectivity index (χ2n) is 4.67. The SMILES string of the molecule is CCc1sc(C(=O)N[C@H](C)Cn2cccn2)cc1C. The van der Waals surface area contributed by atoms with Crippen LogP contribution < -0.4 is 5.32 Å². The first-order valence-corrected chi connectivity index (χ1v) is 7.29. The van der Waals surface area contributed by atoms with Crippen LogP contribution in [0.15, 0.2) is 24.5 Å². The van der Waals surface area contributed by atoms with Crippen LogP contribution in [0.2, 0.25) is 0 Å². The van der Waals surface area contributed by atoms with Crippen LogP contribution in [0.1, 0.15) is 34.0 Å². The van der Waals surface area contributed by atoms with Crippen LogP contribution in [-0.2, 0) is 13.0 Å². The number of aromatic nitrogens is 2. The maximum absolute atomic E-state index is 12.1. The summed E-state index contributed by atoms with van der Waals surface area (Å²) in [4.78, 5) is 14.2. The first-order valence-electron chi connectivity index (χ1n) is 6.47. The highest BCUT2D eigenvalue weighted by Crippen LogP contribution is 2.22. The van der Waals surface area contributed by atoms with Crippen molar-refractivity contribution >= 4 is 17.2 Å². The monoisotopic (exact) mass is 277 g/mol. The van der Waals surface area contributed by atoms with Gasteiger partial charge in [-0.2, -0.15) is 5.10 Å². The molecule has 1 amide bonds. The molecule has 1 N–H and O–H groups in total. The van der Waals surface area contributed by atoms with Crippen molar-refractivity contribution in [2.45, 2.75) is 39.8 Å². The maximum atomic E-state index is 12.1. The molecule has 0 spiro atoms. The van der Waals surface area contributed by atoms with E-state index in [1.165, 1.54) is 10.4 Å². The molecule has 102 valence electrons. The minimum atomic E-state index is 0.00690. The third-order valence-electron chi connectivity index (χ3n) is 2.96. The van der Waals surface area contributed by atoms with Gasteiger partial charge in [0.15, 0.2) is 0 Å². The molecule has 0 aliphatic rings. The van der Waals surface area contributed by atoms with Gasteiger partial charge in [0.25, 0.3) is 5.91 Å². The lowest BCUT2D eigenvalue weighted by Gasteiger charge is -2.13. The van der Waals surface area contributed by atoms with E-state index in [2.05, 4.69) is 24.3 Å². The summed E-state index contributed by atoms with van der Waals surface area (Å²) in [6.07, 6.45) is 4.62. The van der Waals surface area contributed by atoms with Crippen molar-refractivity contribution in [3.63, 3.8) is 0 Å². The Labute approximate surface area is 117 Å². The Bertz CT molecular complexity index is 545. The summed E-state index contributed by atoms with van der Waals surface area (Å²) in [5.74, 6) is 0.00690. The third-order valence-corrected chi connectivity index (χ3v) is 4.34. The van der Waals surface area contributed by atoms with Crippen LogP contribution in [0.3, 0.4) is 0 Å². The first kappa shape index (κ1) is 13.8. The molecule has 0 unspecified atom stereocenters. The van der Waals surface area contributed by atoms with Gasteiger partial charge in [-0.25, -0.2) is 0 Å². The quantitative estimate of drug-likeness (QED) is 0.913. The lowest BCUT2D eigenvalue weighted by molar-refractivity contribution is 0.0940. The van der Waals surface area contributed by atoms with Gasteiger partial charge in [-0.05, 0) is 38.0 Å². The number of hydrogen-bond acceptors (Lipinski definition) is 3. The summed E-state index contributed by atoms with van der Waals surface area (Å²) in [6, 6.07) is 3.91. The zero-order valence-corrected chi connectivity index (χ0v) is 12.3. The number of nitrogens with one attached hydrogen (secondary N) is 1. The summed E-state index contributed by atoms with van der Waals surface area (Å²) in [6.45, 7) is 6.84. The van der Waals surface area contributed by atoms with Crippen LogP contribution in [0, 0.1) is 6.92 Å². The molecule has 0 aliphatic carbocycles. The topological polar surface area (TPSA) is 46.9 Å². The van der Waals surface area contributed by atoms with E-state index in [4.69, 9.17) is 0 Å². The zero-order chi connectivity index (χ0) is 13.8. The lowest BCUT2D eigenvalue weighted by atomic mass is 10.2. The molecule has 0 aromatic carbocycles. The fourth-order valence-corrected chi connectivity index (χ4v) is 3.03. The summed E-state index contributed by atoms with van der Waals surface area (Å²) in [5.41, 5.74) is 1.21. The molecule has 2 aromatic heterocycles. The molecular weight excluding hydrogens is 258 g/mol. The fourth-order valence-electron chi connectivity index (χ4n) is 2.01. The van der Waals surface area contributed by atoms with Crippen LogP contribution >= 0.6 is 11.3 Å². The summed E-state index contributed by atoms with van der Waals surface area (Å²) in [5, 5.41) is 7.15. The molecule has 2 aromatic rings. The average molecular weight is 277 g/mol. The van der Waals surface area contributed by atoms with E-state index in [0.717, 1.165) is 11.3 Å². The van der Waals surface area contributed by atoms with Gasteiger partial charge in [0.1, 0.15) is 0 Å². The van der Waals surface area contributed by atoms with Crippen molar-refractivity contribution < 1.29 is 4.79 Å². The number of thiophene rings is 1. The van der Waals surface area contributed by atoms with Gasteiger partial charge in [0.05, 0.1) is 11.4 Å². The van der Waals surface area contributed by atoms with E-state index in [9.17, 15) is 4.79 Å². The molecule has 2 rings (SSSR count). The standard InChI is InChI=1S/C14H19N3OS/c1-4-12-10(2)8-13(19-12)14(18)16-11(3)9-17-7-5-6-15-17/h5-8,11H,4,9H2,1-3H3,(H,16,18)/t11-/m1/s1. The van der Waals surface area contributed by atoms with Gasteiger partial charge in [-0.15, -0.1) is 11.3 Å². The molecule has 0 fully saturated rings. The Hall–Kier alpha value is -1.62. The highest BCUT2D eigenvalue weighted by molar-refractivity contribution is 7.14. The fraction of sp³-hybridized carbons (Fsp3) is 0.429. The van der Waals surface area contributed by atoms with Crippen molar-refractivity contribution in [1.82, 2.24) is 15.1 Å². The van der Waals surface area contributed by atoms with Crippen molar-refractivity contribution in [2.24, 2.45) is 0 Å². The van der Waals surface area contributed by atoms with E-state index >= 15 is 0 Å². The van der Waals surface area contributed by atoms with Gasteiger partial charge in [-0.1, -0.05) is 6.92 Å². The highest BCUT2D eigenvalue weighted by Gasteiger charge is 2.14. The van der Waals surface area contributed by atoms with Gasteiger partial charge in [-0.3, -0.25) is 9.48 Å². The van der Waals surface area contributed by atoms with Gasteiger partial charge >= 0.3 is 0 Å². The molecule has 19 heavy (non-hydrogen) atoms. The number of nitrogens with zero attached hydrogens (tertiary/aromatic N) is 2. The second-order valence-corrected chi connectivity index (χ2v) is 5.81. The van der Waals surface area contributed by atoms with E-state index in [1.54, 1.807) is 17.5 Å². The van der Waals surface area contributed by atoms with Gasteiger partial charge < -0.3 is 5.32 Å². The summed E-state index contributed by atoms with van der Waals surface area (Å²) < 4.78 is 1.82. The van der Waals surface area contributed by atoms with Crippen LogP contribution in [0.5, 0.6) is 0 Å². The number of carbonyl (C=O) groups excluding carboxylic acids is 1. The number of aryl methyl sites for hydroxylation is 2. The van der Waals surface area contributed by atoms with Gasteiger partial charge in [0, 0.05) is 23.3 Å². The molecule has 5 heteroatoms. The van der Waals surface area contributed by atoms with Crippen molar-refractivity contribution in [1.29, 1.82) is 0 Å². The van der Waals surface area contributed by atoms with E-state index in [0.29, 0.717) is 6.54 Å². The molecule has 2 heterocycles. The predicted molar refractivity (Wildman–Crippen MR) is 77.6 cm³/mol. The number of carbonyl (C=O) groups is 1. The number of hydrogen-bond donors (Lipinski definition) is 1. The Morgan fingerprint density at radius 2 is 2.37 bits per heavy atom. The van der Waals surface area contributed by atoms with Crippen molar-refractivity contribution in [2.75, 3.05) is 0 Å². The van der Waals surface area contributed by atoms with Crippen molar-refractivity contribution in [3.05, 3.63) is 39.8 Å². The molecule has 0 radical (unpaired) electrons. The van der Waals surface area contributed by atoms with Crippen LogP contribution in [0.25, 0.3) is 0 Å². The van der Waals surface area contributed by atoms with Crippen molar-refractivity contribution in [3.8, 4) is 0 Å². The van der Waals surface area contributed by atoms with Gasteiger partial charge in [0.2, 0.25) is 0 Å². The van der Waals surface area contributed by atoms with Crippen LogP contribution in [0.4, 0.5) is 0 Å². The molecule has 0 aliphatic heterocycles. The Morgan fingerprint density at radius 3 is 2.95 bits per heavy atom. The van der Waals surface area contributed by atoms with E-state index in [-0.39, 0.29) is 11.9 Å². The molecule has 0 bridgehead atoms. The minimum absolute atomic E-state index is 0.00690. The normalized spacial score (nSPS) is 12.4. The second kappa shape index (κ2) is 6.02. The van der Waals surface area contributed by atoms with Crippen LogP contribution in [-0.4, -0.2) is 21.7 Å². The average Bonchev–Trinajstić information content (AvgIpc) is 2.98. The maximum Gasteiger partial charge on any atom is 0.261 e. The first-order chi connectivity index (χ1) is 9.10. The largest absolute Gasteiger partial charge is 0.347 e. The highest BCUT2D eigenvalue weighted by atomic mass is 32.1. The molecule has 4 nitrogen and oxygen atoms in total. The number of rotatable bonds is 5. The Morgan fingerprint density at radius 1 is 1.58 bits per heavy atom. The minimum Gasteiger partial charge on any atom is -0.347 e. The summed E-state index contributed by atoms with van der Waals surface area (Å²) >= 11 is 1.58. The number of amides is 1. The molecule has 1 atom stereocenters. The third kappa shape index (κ3) is 3.44. The molecule has 0 saturated heterocycles. The van der Waals surface area contributed by atoms with E-state index < -0.39 is 0 Å². The summed E-state index contributed by atoms with van der Waals surface area (Å²) in [7, 11) is 0. The molecule has 0 saturated carbocycles. The molecular formula is C14H19N3OS. The smallest absolute Gasteiger partial charge is 0.261 e. The predicted octanol–water partition coefficient (Wildman–Crippen LogP) is 2.63. The Kier molecular flexibility index (Phi) is 4.37. The lowest BCUT2D eigenvalue weighted by Crippen LogP contribution is -2.35.